The minimum Gasteiger partial charge on any atom is -0.490 e. The lowest BCUT2D eigenvalue weighted by molar-refractivity contribution is 0.269. The average Bonchev–Trinajstić information content (AvgIpc) is 3.16. The van der Waals surface area contributed by atoms with Crippen LogP contribution in [0.1, 0.15) is 30.9 Å². The van der Waals surface area contributed by atoms with Crippen molar-refractivity contribution >= 4 is 17.2 Å². The summed E-state index contributed by atoms with van der Waals surface area (Å²) in [7, 11) is 0. The Morgan fingerprint density at radius 1 is 1.04 bits per heavy atom. The van der Waals surface area contributed by atoms with Crippen molar-refractivity contribution in [3.8, 4) is 11.5 Å². The van der Waals surface area contributed by atoms with E-state index in [9.17, 15) is 4.39 Å². The fourth-order valence-corrected chi connectivity index (χ4v) is 3.18. The third-order valence-electron chi connectivity index (χ3n) is 4.19. The van der Waals surface area contributed by atoms with E-state index in [0.717, 1.165) is 29.2 Å². The molecule has 1 heterocycles. The largest absolute Gasteiger partial charge is 0.490 e. The van der Waals surface area contributed by atoms with Crippen LogP contribution in [0.4, 0.5) is 4.39 Å². The summed E-state index contributed by atoms with van der Waals surface area (Å²) in [5.41, 5.74) is 1.88. The summed E-state index contributed by atoms with van der Waals surface area (Å²) in [6.45, 7) is 4.88. The first kappa shape index (κ1) is 17.7. The Labute approximate surface area is 153 Å². The summed E-state index contributed by atoms with van der Waals surface area (Å²) >= 11 is 5.61. The Morgan fingerprint density at radius 2 is 1.76 bits per heavy atom. The van der Waals surface area contributed by atoms with Gasteiger partial charge in [0.2, 0.25) is 0 Å². The van der Waals surface area contributed by atoms with Gasteiger partial charge in [-0.3, -0.25) is 0 Å². The Morgan fingerprint density at radius 3 is 2.44 bits per heavy atom. The zero-order valence-electron chi connectivity index (χ0n) is 14.3. The molecule has 0 spiro atoms. The van der Waals surface area contributed by atoms with Gasteiger partial charge in [0.15, 0.2) is 11.5 Å². The van der Waals surface area contributed by atoms with Crippen LogP contribution in [0.5, 0.6) is 11.5 Å². The van der Waals surface area contributed by atoms with Crippen molar-refractivity contribution in [3.05, 3.63) is 59.4 Å². The number of hydrogen-bond donors (Lipinski definition) is 0. The smallest absolute Gasteiger partial charge is 0.161 e. The summed E-state index contributed by atoms with van der Waals surface area (Å²) in [6, 6.07) is 12.1. The minimum absolute atomic E-state index is 0.251. The molecule has 3 nitrogen and oxygen atoms in total. The van der Waals surface area contributed by atoms with Gasteiger partial charge in [0.05, 0.1) is 6.61 Å². The number of thiocarbonyl (C=S) groups is 1. The number of ether oxygens (including phenoxy) is 2. The van der Waals surface area contributed by atoms with Crippen molar-refractivity contribution in [2.45, 2.75) is 26.4 Å². The van der Waals surface area contributed by atoms with Gasteiger partial charge in [-0.25, -0.2) is 4.39 Å². The highest BCUT2D eigenvalue weighted by Crippen LogP contribution is 2.30. The molecule has 0 unspecified atom stereocenters. The van der Waals surface area contributed by atoms with Crippen LogP contribution in [0, 0.1) is 5.82 Å². The van der Waals surface area contributed by atoms with E-state index in [0.29, 0.717) is 24.7 Å². The van der Waals surface area contributed by atoms with Gasteiger partial charge in [-0.2, -0.15) is 0 Å². The van der Waals surface area contributed by atoms with Gasteiger partial charge in [-0.05, 0) is 55.7 Å². The number of hydrogen-bond acceptors (Lipinski definition) is 3. The van der Waals surface area contributed by atoms with Crippen molar-refractivity contribution < 1.29 is 13.9 Å². The molecule has 1 fully saturated rings. The Kier molecular flexibility index (Phi) is 5.87. The van der Waals surface area contributed by atoms with Crippen LogP contribution in [0.25, 0.3) is 0 Å². The van der Waals surface area contributed by atoms with E-state index in [1.165, 1.54) is 25.0 Å². The van der Waals surface area contributed by atoms with Crippen molar-refractivity contribution in [1.29, 1.82) is 0 Å². The van der Waals surface area contributed by atoms with E-state index in [4.69, 9.17) is 21.7 Å². The summed E-state index contributed by atoms with van der Waals surface area (Å²) in [4.78, 5) is 3.10. The van der Waals surface area contributed by atoms with Crippen LogP contribution < -0.4 is 9.47 Å². The molecule has 0 aliphatic carbocycles. The van der Waals surface area contributed by atoms with Gasteiger partial charge < -0.3 is 14.4 Å². The fourth-order valence-electron chi connectivity index (χ4n) is 2.87. The summed E-state index contributed by atoms with van der Waals surface area (Å²) in [6.07, 6.45) is 2.38. The molecule has 0 saturated carbocycles. The van der Waals surface area contributed by atoms with E-state index >= 15 is 0 Å². The summed E-state index contributed by atoms with van der Waals surface area (Å²) in [5.74, 6) is 1.10. The van der Waals surface area contributed by atoms with E-state index in [1.807, 2.05) is 25.1 Å². The number of rotatable bonds is 6. The average molecular weight is 359 g/mol. The zero-order chi connectivity index (χ0) is 17.6. The SMILES string of the molecule is CCOc1cc(C(=S)N2CCCC2)ccc1OCc1ccc(F)cc1. The monoisotopic (exact) mass is 359 g/mol. The third kappa shape index (κ3) is 4.48. The van der Waals surface area contributed by atoms with Crippen LogP contribution in [0.2, 0.25) is 0 Å². The third-order valence-corrected chi connectivity index (χ3v) is 4.69. The van der Waals surface area contributed by atoms with Crippen LogP contribution >= 0.6 is 12.2 Å². The van der Waals surface area contributed by atoms with Crippen molar-refractivity contribution in [2.75, 3.05) is 19.7 Å². The maximum absolute atomic E-state index is 13.0. The Bertz CT molecular complexity index is 727. The molecule has 25 heavy (non-hydrogen) atoms. The van der Waals surface area contributed by atoms with Gasteiger partial charge >= 0.3 is 0 Å². The minimum atomic E-state index is -0.251. The fraction of sp³-hybridized carbons (Fsp3) is 0.350. The number of halogens is 1. The Hall–Kier alpha value is -2.14. The lowest BCUT2D eigenvalue weighted by Crippen LogP contribution is -2.26. The van der Waals surface area contributed by atoms with E-state index in [2.05, 4.69) is 4.90 Å². The second-order valence-corrected chi connectivity index (χ2v) is 6.40. The maximum atomic E-state index is 13.0. The lowest BCUT2D eigenvalue weighted by Gasteiger charge is -2.20. The molecule has 1 aliphatic rings. The second kappa shape index (κ2) is 8.30. The van der Waals surface area contributed by atoms with Gasteiger partial charge in [-0.1, -0.05) is 24.4 Å². The van der Waals surface area contributed by atoms with Gasteiger partial charge in [0.1, 0.15) is 17.4 Å². The zero-order valence-corrected chi connectivity index (χ0v) is 15.2. The number of benzene rings is 2. The quantitative estimate of drug-likeness (QED) is 0.704. The molecule has 5 heteroatoms. The standard InChI is InChI=1S/C20H22FNO2S/c1-2-23-19-13-16(20(25)22-11-3-4-12-22)7-10-18(19)24-14-15-5-8-17(21)9-6-15/h5-10,13H,2-4,11-12,14H2,1H3. The van der Waals surface area contributed by atoms with Crippen LogP contribution in [-0.4, -0.2) is 29.6 Å². The van der Waals surface area contributed by atoms with E-state index in [-0.39, 0.29) is 5.82 Å². The molecule has 0 atom stereocenters. The van der Waals surface area contributed by atoms with Gasteiger partial charge in [0.25, 0.3) is 0 Å². The molecular formula is C20H22FNO2S. The highest BCUT2D eigenvalue weighted by atomic mass is 32.1. The molecule has 2 aromatic rings. The first-order valence-corrected chi connectivity index (χ1v) is 9.01. The summed E-state index contributed by atoms with van der Waals surface area (Å²) in [5, 5.41) is 0. The highest BCUT2D eigenvalue weighted by Gasteiger charge is 2.18. The van der Waals surface area contributed by atoms with Gasteiger partial charge in [0, 0.05) is 18.7 Å². The second-order valence-electron chi connectivity index (χ2n) is 6.01. The lowest BCUT2D eigenvalue weighted by atomic mass is 10.2. The molecule has 0 amide bonds. The molecule has 0 bridgehead atoms. The van der Waals surface area contributed by atoms with Crippen molar-refractivity contribution in [1.82, 2.24) is 4.90 Å². The Balaban J connectivity index is 1.74. The van der Waals surface area contributed by atoms with Gasteiger partial charge in [-0.15, -0.1) is 0 Å². The van der Waals surface area contributed by atoms with Crippen molar-refractivity contribution in [3.63, 3.8) is 0 Å². The highest BCUT2D eigenvalue weighted by molar-refractivity contribution is 7.80. The molecule has 132 valence electrons. The van der Waals surface area contributed by atoms with E-state index < -0.39 is 0 Å². The molecule has 0 radical (unpaired) electrons. The molecule has 0 aromatic heterocycles. The van der Waals surface area contributed by atoms with Crippen LogP contribution in [0.15, 0.2) is 42.5 Å². The predicted molar refractivity (Wildman–Crippen MR) is 101 cm³/mol. The molecular weight excluding hydrogens is 337 g/mol. The number of nitrogens with zero attached hydrogens (tertiary/aromatic N) is 1. The van der Waals surface area contributed by atoms with Crippen LogP contribution in [0.3, 0.4) is 0 Å². The molecule has 3 rings (SSSR count). The maximum Gasteiger partial charge on any atom is 0.161 e. The topological polar surface area (TPSA) is 21.7 Å². The first-order valence-electron chi connectivity index (χ1n) is 8.60. The predicted octanol–water partition coefficient (Wildman–Crippen LogP) is 4.57. The van der Waals surface area contributed by atoms with Crippen molar-refractivity contribution in [2.24, 2.45) is 0 Å². The summed E-state index contributed by atoms with van der Waals surface area (Å²) < 4.78 is 24.6. The molecule has 1 saturated heterocycles. The first-order chi connectivity index (χ1) is 12.2. The molecule has 0 N–H and O–H groups in total. The van der Waals surface area contributed by atoms with E-state index in [1.54, 1.807) is 12.1 Å². The van der Waals surface area contributed by atoms with Crippen LogP contribution in [-0.2, 0) is 6.61 Å². The molecule has 2 aromatic carbocycles. The number of likely N-dealkylation sites (tertiary alicyclic amines) is 1. The normalized spacial score (nSPS) is 13.8. The molecule has 1 aliphatic heterocycles.